The van der Waals surface area contributed by atoms with Crippen molar-refractivity contribution in [1.82, 2.24) is 4.90 Å². The highest BCUT2D eigenvalue weighted by molar-refractivity contribution is 6.07. The van der Waals surface area contributed by atoms with E-state index in [-0.39, 0.29) is 11.6 Å². The molecule has 0 radical (unpaired) electrons. The van der Waals surface area contributed by atoms with Crippen LogP contribution in [0, 0.1) is 5.82 Å². The maximum absolute atomic E-state index is 14.7. The first-order valence-corrected chi connectivity index (χ1v) is 9.77. The zero-order valence-corrected chi connectivity index (χ0v) is 17.2. The zero-order valence-electron chi connectivity index (χ0n) is 17.2. The summed E-state index contributed by atoms with van der Waals surface area (Å²) >= 11 is 0. The fraction of sp³-hybridized carbons (Fsp3) is 0.348. The number of hydrogen-bond acceptors (Lipinski definition) is 5. The second-order valence-corrected chi connectivity index (χ2v) is 6.90. The highest BCUT2D eigenvalue weighted by Crippen LogP contribution is 2.28. The zero-order chi connectivity index (χ0) is 20.8. The smallest absolute Gasteiger partial charge is 0.185 e. The van der Waals surface area contributed by atoms with E-state index in [0.717, 1.165) is 38.3 Å². The molecule has 2 aromatic carbocycles. The van der Waals surface area contributed by atoms with Gasteiger partial charge < -0.3 is 19.3 Å². The van der Waals surface area contributed by atoms with Crippen LogP contribution in [0.3, 0.4) is 0 Å². The van der Waals surface area contributed by atoms with Crippen molar-refractivity contribution in [3.05, 3.63) is 59.4 Å². The standard InChI is InChI=1S/C23H27FN2O3/c1-4-25-11-13-26(14-12-25)20-8-7-18(16-19(20)24)21(27)9-5-17-6-10-22(28-2)23(15-17)29-3/h5-10,15-16H,4,11-14H2,1-3H3/b9-5+. The highest BCUT2D eigenvalue weighted by atomic mass is 19.1. The molecular weight excluding hydrogens is 371 g/mol. The van der Waals surface area contributed by atoms with Crippen molar-refractivity contribution in [2.75, 3.05) is 51.8 Å². The number of nitrogens with zero attached hydrogens (tertiary/aromatic N) is 2. The van der Waals surface area contributed by atoms with Gasteiger partial charge in [-0.2, -0.15) is 0 Å². The minimum absolute atomic E-state index is 0.249. The molecule has 1 heterocycles. The number of allylic oxidation sites excluding steroid dienone is 1. The number of carbonyl (C=O) groups is 1. The minimum Gasteiger partial charge on any atom is -0.493 e. The molecule has 1 aliphatic rings. The number of ether oxygens (including phenoxy) is 2. The SMILES string of the molecule is CCN1CCN(c2ccc(C(=O)/C=C/c3ccc(OC)c(OC)c3)cc2F)CC1. The molecular formula is C23H27FN2O3. The number of likely N-dealkylation sites (N-methyl/N-ethyl adjacent to an activating group) is 1. The summed E-state index contributed by atoms with van der Waals surface area (Å²) in [6, 6.07) is 10.1. The van der Waals surface area contributed by atoms with Crippen LogP contribution in [0.4, 0.5) is 10.1 Å². The Balaban J connectivity index is 1.70. The number of piperazine rings is 1. The number of carbonyl (C=O) groups excluding carboxylic acids is 1. The van der Waals surface area contributed by atoms with Crippen LogP contribution >= 0.6 is 0 Å². The molecule has 0 aliphatic carbocycles. The number of hydrogen-bond donors (Lipinski definition) is 0. The molecule has 0 unspecified atom stereocenters. The summed E-state index contributed by atoms with van der Waals surface area (Å²) in [5, 5.41) is 0. The molecule has 0 N–H and O–H groups in total. The maximum Gasteiger partial charge on any atom is 0.185 e. The second kappa shape index (κ2) is 9.56. The Kier molecular flexibility index (Phi) is 6.88. The van der Waals surface area contributed by atoms with Crippen LogP contribution in [0.15, 0.2) is 42.5 Å². The fourth-order valence-corrected chi connectivity index (χ4v) is 3.45. The third-order valence-electron chi connectivity index (χ3n) is 5.23. The third-order valence-corrected chi connectivity index (χ3v) is 5.23. The lowest BCUT2D eigenvalue weighted by Crippen LogP contribution is -2.46. The topological polar surface area (TPSA) is 42.0 Å². The molecule has 1 aliphatic heterocycles. The summed E-state index contributed by atoms with van der Waals surface area (Å²) < 4.78 is 25.1. The summed E-state index contributed by atoms with van der Waals surface area (Å²) in [6.45, 7) is 6.56. The minimum atomic E-state index is -0.361. The summed E-state index contributed by atoms with van der Waals surface area (Å²) in [6.07, 6.45) is 3.12. The second-order valence-electron chi connectivity index (χ2n) is 6.90. The van der Waals surface area contributed by atoms with Crippen LogP contribution in [0.1, 0.15) is 22.8 Å². The van der Waals surface area contributed by atoms with Gasteiger partial charge >= 0.3 is 0 Å². The van der Waals surface area contributed by atoms with Gasteiger partial charge in [-0.15, -0.1) is 0 Å². The van der Waals surface area contributed by atoms with E-state index in [2.05, 4.69) is 11.8 Å². The fourth-order valence-electron chi connectivity index (χ4n) is 3.45. The predicted molar refractivity (Wildman–Crippen MR) is 114 cm³/mol. The largest absolute Gasteiger partial charge is 0.493 e. The number of halogens is 1. The van der Waals surface area contributed by atoms with Gasteiger partial charge in [-0.25, -0.2) is 4.39 Å². The molecule has 3 rings (SSSR count). The van der Waals surface area contributed by atoms with Gasteiger partial charge in [0.05, 0.1) is 19.9 Å². The van der Waals surface area contributed by atoms with E-state index < -0.39 is 0 Å². The third kappa shape index (κ3) is 4.95. The Morgan fingerprint density at radius 3 is 2.38 bits per heavy atom. The van der Waals surface area contributed by atoms with Gasteiger partial charge in [0.25, 0.3) is 0 Å². The van der Waals surface area contributed by atoms with Gasteiger partial charge in [-0.3, -0.25) is 4.79 Å². The van der Waals surface area contributed by atoms with Crippen molar-refractivity contribution >= 4 is 17.5 Å². The summed E-state index contributed by atoms with van der Waals surface area (Å²) in [5.41, 5.74) is 1.68. The monoisotopic (exact) mass is 398 g/mol. The molecule has 0 aromatic heterocycles. The van der Waals surface area contributed by atoms with Crippen molar-refractivity contribution in [2.24, 2.45) is 0 Å². The van der Waals surface area contributed by atoms with Crippen molar-refractivity contribution in [3.8, 4) is 11.5 Å². The van der Waals surface area contributed by atoms with E-state index in [0.29, 0.717) is 22.7 Å². The van der Waals surface area contributed by atoms with Crippen LogP contribution in [-0.2, 0) is 0 Å². The van der Waals surface area contributed by atoms with Crippen LogP contribution in [0.5, 0.6) is 11.5 Å². The lowest BCUT2D eigenvalue weighted by Gasteiger charge is -2.35. The summed E-state index contributed by atoms with van der Waals surface area (Å²) in [7, 11) is 3.13. The van der Waals surface area contributed by atoms with E-state index in [1.807, 2.05) is 11.0 Å². The molecule has 0 atom stereocenters. The molecule has 5 nitrogen and oxygen atoms in total. The summed E-state index contributed by atoms with van der Waals surface area (Å²) in [5.74, 6) is 0.593. The normalized spacial score (nSPS) is 15.0. The van der Waals surface area contributed by atoms with Gasteiger partial charge in [0.15, 0.2) is 17.3 Å². The first-order valence-electron chi connectivity index (χ1n) is 9.77. The summed E-state index contributed by atoms with van der Waals surface area (Å²) in [4.78, 5) is 16.9. The predicted octanol–water partition coefficient (Wildman–Crippen LogP) is 3.88. The molecule has 154 valence electrons. The Hall–Kier alpha value is -2.86. The number of ketones is 1. The van der Waals surface area contributed by atoms with Crippen molar-refractivity contribution in [3.63, 3.8) is 0 Å². The molecule has 0 spiro atoms. The quantitative estimate of drug-likeness (QED) is 0.523. The molecule has 2 aromatic rings. The maximum atomic E-state index is 14.7. The Labute approximate surface area is 171 Å². The Morgan fingerprint density at radius 2 is 1.76 bits per heavy atom. The van der Waals surface area contributed by atoms with E-state index >= 15 is 0 Å². The van der Waals surface area contributed by atoms with E-state index in [1.54, 1.807) is 44.6 Å². The van der Waals surface area contributed by atoms with E-state index in [4.69, 9.17) is 9.47 Å². The van der Waals surface area contributed by atoms with Crippen molar-refractivity contribution < 1.29 is 18.7 Å². The van der Waals surface area contributed by atoms with Crippen molar-refractivity contribution in [2.45, 2.75) is 6.92 Å². The van der Waals surface area contributed by atoms with Gasteiger partial charge in [0.2, 0.25) is 0 Å². The van der Waals surface area contributed by atoms with Gasteiger partial charge in [-0.05, 0) is 48.5 Å². The molecule has 0 saturated carbocycles. The van der Waals surface area contributed by atoms with Crippen LogP contribution in [0.2, 0.25) is 0 Å². The van der Waals surface area contributed by atoms with E-state index in [1.165, 1.54) is 12.1 Å². The molecule has 0 bridgehead atoms. The van der Waals surface area contributed by atoms with Gasteiger partial charge in [0.1, 0.15) is 5.82 Å². The van der Waals surface area contributed by atoms with Crippen molar-refractivity contribution in [1.29, 1.82) is 0 Å². The average Bonchev–Trinajstić information content (AvgIpc) is 2.77. The number of rotatable bonds is 7. The first-order chi connectivity index (χ1) is 14.0. The molecule has 0 amide bonds. The van der Waals surface area contributed by atoms with Crippen LogP contribution < -0.4 is 14.4 Å². The molecule has 29 heavy (non-hydrogen) atoms. The molecule has 6 heteroatoms. The van der Waals surface area contributed by atoms with Crippen LogP contribution in [-0.4, -0.2) is 57.6 Å². The Bertz CT molecular complexity index is 890. The average molecular weight is 398 g/mol. The lowest BCUT2D eigenvalue weighted by atomic mass is 10.1. The Morgan fingerprint density at radius 1 is 1.03 bits per heavy atom. The van der Waals surface area contributed by atoms with Gasteiger partial charge in [0, 0.05) is 31.7 Å². The number of methoxy groups -OCH3 is 2. The highest BCUT2D eigenvalue weighted by Gasteiger charge is 2.19. The van der Waals surface area contributed by atoms with Crippen LogP contribution in [0.25, 0.3) is 6.08 Å². The molecule has 1 saturated heterocycles. The van der Waals surface area contributed by atoms with E-state index in [9.17, 15) is 9.18 Å². The first kappa shape index (κ1) is 20.9. The number of anilines is 1. The lowest BCUT2D eigenvalue weighted by molar-refractivity contribution is 0.104. The van der Waals surface area contributed by atoms with Gasteiger partial charge in [-0.1, -0.05) is 19.1 Å². The number of benzene rings is 2. The molecule has 1 fully saturated rings.